The van der Waals surface area contributed by atoms with Crippen LogP contribution >= 0.6 is 0 Å². The molecule has 0 heterocycles. The van der Waals surface area contributed by atoms with Crippen LogP contribution in [0.2, 0.25) is 0 Å². The molecule has 1 fully saturated rings. The van der Waals surface area contributed by atoms with Gasteiger partial charge >= 0.3 is 11.9 Å². The second-order valence-electron chi connectivity index (χ2n) is 5.29. The van der Waals surface area contributed by atoms with Crippen LogP contribution in [0.15, 0.2) is 0 Å². The van der Waals surface area contributed by atoms with E-state index in [1.165, 1.54) is 14.2 Å². The summed E-state index contributed by atoms with van der Waals surface area (Å²) in [5.74, 6) is -1.07. The molecule has 0 N–H and O–H groups in total. The number of hydrogen-bond donors (Lipinski definition) is 0. The summed E-state index contributed by atoms with van der Waals surface area (Å²) in [6, 6.07) is 0. The number of ether oxygens (including phenoxy) is 4. The van der Waals surface area contributed by atoms with Crippen LogP contribution in [0.4, 0.5) is 0 Å². The Labute approximate surface area is 126 Å². The summed E-state index contributed by atoms with van der Waals surface area (Å²) in [5, 5.41) is 0. The van der Waals surface area contributed by atoms with Crippen molar-refractivity contribution in [2.75, 3.05) is 41.2 Å². The Kier molecular flexibility index (Phi) is 7.67. The minimum Gasteiger partial charge on any atom is -0.468 e. The van der Waals surface area contributed by atoms with Crippen molar-refractivity contribution in [3.8, 4) is 0 Å². The predicted molar refractivity (Wildman–Crippen MR) is 75.7 cm³/mol. The molecule has 1 aliphatic carbocycles. The molecular formula is C15H26O6. The fourth-order valence-corrected chi connectivity index (χ4v) is 3.09. The molecule has 0 bridgehead atoms. The van der Waals surface area contributed by atoms with Gasteiger partial charge < -0.3 is 18.9 Å². The second kappa shape index (κ2) is 9.00. The van der Waals surface area contributed by atoms with E-state index in [2.05, 4.69) is 0 Å². The lowest BCUT2D eigenvalue weighted by molar-refractivity contribution is -0.176. The normalized spacial score (nSPS) is 16.0. The van der Waals surface area contributed by atoms with Crippen molar-refractivity contribution in [3.63, 3.8) is 0 Å². The van der Waals surface area contributed by atoms with Crippen LogP contribution in [-0.4, -0.2) is 53.1 Å². The molecule has 0 aliphatic heterocycles. The maximum absolute atomic E-state index is 12.3. The fourth-order valence-electron chi connectivity index (χ4n) is 3.09. The highest BCUT2D eigenvalue weighted by Gasteiger charge is 2.54. The van der Waals surface area contributed by atoms with Gasteiger partial charge in [-0.2, -0.15) is 0 Å². The number of carbonyl (C=O) groups excluding carboxylic acids is 2. The third kappa shape index (κ3) is 4.17. The monoisotopic (exact) mass is 302 g/mol. The Morgan fingerprint density at radius 3 is 2.00 bits per heavy atom. The van der Waals surface area contributed by atoms with Gasteiger partial charge in [-0.15, -0.1) is 0 Å². The van der Waals surface area contributed by atoms with E-state index in [0.29, 0.717) is 19.8 Å². The minimum atomic E-state index is -1.24. The van der Waals surface area contributed by atoms with E-state index in [-0.39, 0.29) is 12.3 Å². The zero-order chi connectivity index (χ0) is 15.7. The molecule has 122 valence electrons. The Morgan fingerprint density at radius 1 is 0.952 bits per heavy atom. The lowest BCUT2D eigenvalue weighted by Crippen LogP contribution is -2.47. The van der Waals surface area contributed by atoms with Gasteiger partial charge in [0, 0.05) is 13.7 Å². The summed E-state index contributed by atoms with van der Waals surface area (Å²) in [4.78, 5) is 24.7. The first-order chi connectivity index (χ1) is 10.1. The zero-order valence-electron chi connectivity index (χ0n) is 13.2. The van der Waals surface area contributed by atoms with Crippen LogP contribution in [0.25, 0.3) is 0 Å². The number of rotatable bonds is 9. The molecule has 0 saturated heterocycles. The summed E-state index contributed by atoms with van der Waals surface area (Å²) < 4.78 is 20.2. The molecule has 0 amide bonds. The highest BCUT2D eigenvalue weighted by molar-refractivity contribution is 6.00. The zero-order valence-corrected chi connectivity index (χ0v) is 13.2. The number of hydrogen-bond acceptors (Lipinski definition) is 6. The lowest BCUT2D eigenvalue weighted by atomic mass is 9.72. The van der Waals surface area contributed by atoms with Gasteiger partial charge in [-0.25, -0.2) is 0 Å². The lowest BCUT2D eigenvalue weighted by Gasteiger charge is -2.33. The molecular weight excluding hydrogens is 276 g/mol. The van der Waals surface area contributed by atoms with Crippen LogP contribution in [0, 0.1) is 11.3 Å². The molecule has 0 atom stereocenters. The molecule has 6 nitrogen and oxygen atoms in total. The third-order valence-electron chi connectivity index (χ3n) is 4.22. The molecule has 1 saturated carbocycles. The Balaban J connectivity index is 2.83. The van der Waals surface area contributed by atoms with Gasteiger partial charge in [-0.3, -0.25) is 9.59 Å². The second-order valence-corrected chi connectivity index (χ2v) is 5.29. The molecule has 6 heteroatoms. The van der Waals surface area contributed by atoms with E-state index in [9.17, 15) is 9.59 Å². The van der Waals surface area contributed by atoms with E-state index in [1.807, 2.05) is 0 Å². The smallest absolute Gasteiger partial charge is 0.323 e. The van der Waals surface area contributed by atoms with Crippen LogP contribution in [-0.2, 0) is 28.5 Å². The molecule has 0 spiro atoms. The third-order valence-corrected chi connectivity index (χ3v) is 4.22. The molecule has 0 aromatic heterocycles. The quantitative estimate of drug-likeness (QED) is 0.366. The van der Waals surface area contributed by atoms with Crippen molar-refractivity contribution >= 4 is 11.9 Å². The van der Waals surface area contributed by atoms with Gasteiger partial charge in [-0.05, 0) is 25.2 Å². The highest BCUT2D eigenvalue weighted by atomic mass is 16.5. The minimum absolute atomic E-state index is 0.0385. The SMILES string of the molecule is COCCOCCC(C(=O)OC)(C(=O)OC)C1CCCC1. The summed E-state index contributed by atoms with van der Waals surface area (Å²) in [6.07, 6.45) is 3.99. The average molecular weight is 302 g/mol. The highest BCUT2D eigenvalue weighted by Crippen LogP contribution is 2.44. The van der Waals surface area contributed by atoms with Gasteiger partial charge in [0.05, 0.1) is 27.4 Å². The van der Waals surface area contributed by atoms with Crippen molar-refractivity contribution in [2.24, 2.45) is 11.3 Å². The van der Waals surface area contributed by atoms with Gasteiger partial charge in [0.2, 0.25) is 0 Å². The van der Waals surface area contributed by atoms with E-state index in [0.717, 1.165) is 25.7 Å². The topological polar surface area (TPSA) is 71.1 Å². The first kappa shape index (κ1) is 17.9. The summed E-state index contributed by atoms with van der Waals surface area (Å²) in [5.41, 5.74) is -1.24. The fraction of sp³-hybridized carbons (Fsp3) is 0.867. The summed E-state index contributed by atoms with van der Waals surface area (Å²) in [6.45, 7) is 1.20. The molecule has 21 heavy (non-hydrogen) atoms. The van der Waals surface area contributed by atoms with Crippen molar-refractivity contribution in [2.45, 2.75) is 32.1 Å². The number of esters is 2. The van der Waals surface area contributed by atoms with Crippen LogP contribution in [0.5, 0.6) is 0 Å². The van der Waals surface area contributed by atoms with Crippen molar-refractivity contribution in [3.05, 3.63) is 0 Å². The Bertz CT molecular complexity index is 319. The van der Waals surface area contributed by atoms with Gasteiger partial charge in [0.1, 0.15) is 0 Å². The molecule has 0 aromatic rings. The maximum atomic E-state index is 12.3. The number of carbonyl (C=O) groups is 2. The maximum Gasteiger partial charge on any atom is 0.323 e. The molecule has 1 aliphatic rings. The average Bonchev–Trinajstić information content (AvgIpc) is 3.04. The number of methoxy groups -OCH3 is 3. The molecule has 1 rings (SSSR count). The first-order valence-corrected chi connectivity index (χ1v) is 7.37. The standard InChI is InChI=1S/C15H26O6/c1-18-10-11-21-9-8-15(13(16)19-2,14(17)20-3)12-6-4-5-7-12/h12H,4-11H2,1-3H3. The van der Waals surface area contributed by atoms with Crippen LogP contribution in [0.1, 0.15) is 32.1 Å². The Hall–Kier alpha value is -1.14. The van der Waals surface area contributed by atoms with Crippen molar-refractivity contribution in [1.29, 1.82) is 0 Å². The van der Waals surface area contributed by atoms with Crippen LogP contribution in [0.3, 0.4) is 0 Å². The van der Waals surface area contributed by atoms with E-state index in [4.69, 9.17) is 18.9 Å². The van der Waals surface area contributed by atoms with Gasteiger partial charge in [0.25, 0.3) is 0 Å². The first-order valence-electron chi connectivity index (χ1n) is 7.37. The molecule has 0 radical (unpaired) electrons. The van der Waals surface area contributed by atoms with Crippen molar-refractivity contribution < 1.29 is 28.5 Å². The van der Waals surface area contributed by atoms with Gasteiger partial charge in [-0.1, -0.05) is 12.8 Å². The van der Waals surface area contributed by atoms with E-state index in [1.54, 1.807) is 7.11 Å². The Morgan fingerprint density at radius 2 is 1.52 bits per heavy atom. The largest absolute Gasteiger partial charge is 0.468 e. The van der Waals surface area contributed by atoms with Crippen LogP contribution < -0.4 is 0 Å². The molecule has 0 aromatic carbocycles. The predicted octanol–water partition coefficient (Wildman–Crippen LogP) is 1.56. The van der Waals surface area contributed by atoms with E-state index < -0.39 is 17.4 Å². The van der Waals surface area contributed by atoms with Gasteiger partial charge in [0.15, 0.2) is 5.41 Å². The van der Waals surface area contributed by atoms with Crippen molar-refractivity contribution in [1.82, 2.24) is 0 Å². The summed E-state index contributed by atoms with van der Waals surface area (Å²) in [7, 11) is 4.20. The van der Waals surface area contributed by atoms with E-state index >= 15 is 0 Å². The molecule has 0 unspecified atom stereocenters. The summed E-state index contributed by atoms with van der Waals surface area (Å²) >= 11 is 0.